The molecule has 6 nitrogen and oxygen atoms in total. The van der Waals surface area contributed by atoms with Gasteiger partial charge in [0.2, 0.25) is 5.91 Å². The number of aryl methyl sites for hydroxylation is 1. The molecule has 1 unspecified atom stereocenters. The third-order valence-corrected chi connectivity index (χ3v) is 6.22. The molecule has 3 aromatic rings. The minimum Gasteiger partial charge on any atom is -0.483 e. The van der Waals surface area contributed by atoms with Crippen LogP contribution in [0, 0.1) is 6.92 Å². The molecule has 0 bridgehead atoms. The van der Waals surface area contributed by atoms with E-state index in [0.717, 1.165) is 5.56 Å². The molecule has 158 valence electrons. The van der Waals surface area contributed by atoms with E-state index in [1.807, 2.05) is 33.0 Å². The van der Waals surface area contributed by atoms with Crippen molar-refractivity contribution in [2.24, 2.45) is 7.05 Å². The number of nitrogens with one attached hydrogen (secondary N) is 1. The standard InChI is InChI=1S/C20H19Cl3N4O2S/c1-11-8-14(5-7-15(11)22)29-12(2)19-25-26-20(27(19)3)30-10-18(28)24-17-9-13(21)4-6-16(17)23/h4-9,12H,10H2,1-3H3,(H,24,28). The zero-order valence-corrected chi connectivity index (χ0v) is 19.5. The predicted molar refractivity (Wildman–Crippen MR) is 122 cm³/mol. The fraction of sp³-hybridized carbons (Fsp3) is 0.250. The van der Waals surface area contributed by atoms with Gasteiger partial charge in [0.25, 0.3) is 0 Å². The summed E-state index contributed by atoms with van der Waals surface area (Å²) in [5, 5.41) is 13.3. The first-order valence-electron chi connectivity index (χ1n) is 8.94. The van der Waals surface area contributed by atoms with Gasteiger partial charge < -0.3 is 14.6 Å². The van der Waals surface area contributed by atoms with Gasteiger partial charge >= 0.3 is 0 Å². The Balaban J connectivity index is 1.61. The monoisotopic (exact) mass is 484 g/mol. The first kappa shape index (κ1) is 22.7. The first-order chi connectivity index (χ1) is 14.2. The van der Waals surface area contributed by atoms with Crippen molar-refractivity contribution in [2.45, 2.75) is 25.1 Å². The van der Waals surface area contributed by atoms with E-state index in [2.05, 4.69) is 15.5 Å². The lowest BCUT2D eigenvalue weighted by Crippen LogP contribution is -2.15. The number of benzene rings is 2. The van der Waals surface area contributed by atoms with Crippen LogP contribution in [0.15, 0.2) is 41.6 Å². The highest BCUT2D eigenvalue weighted by Gasteiger charge is 2.18. The van der Waals surface area contributed by atoms with Crippen molar-refractivity contribution >= 4 is 58.2 Å². The van der Waals surface area contributed by atoms with Crippen molar-refractivity contribution < 1.29 is 9.53 Å². The van der Waals surface area contributed by atoms with Crippen LogP contribution in [-0.4, -0.2) is 26.4 Å². The third-order valence-electron chi connectivity index (χ3n) is 4.21. The lowest BCUT2D eigenvalue weighted by Gasteiger charge is -2.15. The summed E-state index contributed by atoms with van der Waals surface area (Å²) in [7, 11) is 1.83. The average molecular weight is 486 g/mol. The van der Waals surface area contributed by atoms with Crippen molar-refractivity contribution in [3.63, 3.8) is 0 Å². The zero-order valence-electron chi connectivity index (χ0n) is 16.4. The predicted octanol–water partition coefficient (Wildman–Crippen LogP) is 5.95. The highest BCUT2D eigenvalue weighted by molar-refractivity contribution is 7.99. The fourth-order valence-electron chi connectivity index (χ4n) is 2.66. The summed E-state index contributed by atoms with van der Waals surface area (Å²) in [6.07, 6.45) is -0.337. The third kappa shape index (κ3) is 5.60. The van der Waals surface area contributed by atoms with E-state index in [1.165, 1.54) is 11.8 Å². The van der Waals surface area contributed by atoms with Crippen LogP contribution in [0.3, 0.4) is 0 Å². The maximum atomic E-state index is 12.3. The number of nitrogens with zero attached hydrogens (tertiary/aromatic N) is 3. The molecule has 0 saturated carbocycles. The van der Waals surface area contributed by atoms with Crippen LogP contribution in [0.2, 0.25) is 15.1 Å². The molecule has 0 fully saturated rings. The molecule has 1 aromatic heterocycles. The molecule has 0 spiro atoms. The van der Waals surface area contributed by atoms with Crippen LogP contribution in [0.5, 0.6) is 5.75 Å². The number of rotatable bonds is 7. The molecule has 1 heterocycles. The second-order valence-corrected chi connectivity index (χ2v) is 8.73. The van der Waals surface area contributed by atoms with Gasteiger partial charge in [0.1, 0.15) is 5.75 Å². The highest BCUT2D eigenvalue weighted by atomic mass is 35.5. The van der Waals surface area contributed by atoms with E-state index >= 15 is 0 Å². The van der Waals surface area contributed by atoms with E-state index < -0.39 is 0 Å². The molecular weight excluding hydrogens is 467 g/mol. The Morgan fingerprint density at radius 1 is 1.17 bits per heavy atom. The molecule has 0 aliphatic carbocycles. The number of aromatic nitrogens is 3. The molecule has 1 amide bonds. The normalized spacial score (nSPS) is 11.9. The molecule has 1 N–H and O–H groups in total. The molecule has 30 heavy (non-hydrogen) atoms. The maximum Gasteiger partial charge on any atom is 0.234 e. The lowest BCUT2D eigenvalue weighted by atomic mass is 10.2. The molecule has 0 saturated heterocycles. The van der Waals surface area contributed by atoms with Crippen molar-refractivity contribution in [2.75, 3.05) is 11.1 Å². The molecule has 1 atom stereocenters. The summed E-state index contributed by atoms with van der Waals surface area (Å²) < 4.78 is 7.76. The Bertz CT molecular complexity index is 1070. The smallest absolute Gasteiger partial charge is 0.234 e. The minimum atomic E-state index is -0.337. The first-order valence-corrected chi connectivity index (χ1v) is 11.1. The van der Waals surface area contributed by atoms with Gasteiger partial charge in [-0.25, -0.2) is 0 Å². The lowest BCUT2D eigenvalue weighted by molar-refractivity contribution is -0.113. The van der Waals surface area contributed by atoms with Crippen molar-refractivity contribution in [3.05, 3.63) is 62.9 Å². The van der Waals surface area contributed by atoms with Crippen LogP contribution < -0.4 is 10.1 Å². The number of halogens is 3. The van der Waals surface area contributed by atoms with Gasteiger partial charge in [0.05, 0.1) is 16.5 Å². The summed E-state index contributed by atoms with van der Waals surface area (Å²) in [5.74, 6) is 1.25. The Labute approximate surface area is 193 Å². The molecule has 10 heteroatoms. The van der Waals surface area contributed by atoms with E-state index in [4.69, 9.17) is 39.5 Å². The second-order valence-electron chi connectivity index (χ2n) is 6.53. The molecule has 0 aliphatic heterocycles. The molecule has 3 rings (SSSR count). The van der Waals surface area contributed by atoms with Gasteiger partial charge in [-0.15, -0.1) is 10.2 Å². The van der Waals surface area contributed by atoms with Crippen molar-refractivity contribution in [3.8, 4) is 5.75 Å². The Morgan fingerprint density at radius 2 is 1.90 bits per heavy atom. The number of carbonyl (C=O) groups is 1. The number of hydrogen-bond donors (Lipinski definition) is 1. The molecular formula is C20H19Cl3N4O2S. The summed E-state index contributed by atoms with van der Waals surface area (Å²) in [6.45, 7) is 3.80. The SMILES string of the molecule is Cc1cc(OC(C)c2nnc(SCC(=O)Nc3cc(Cl)ccc3Cl)n2C)ccc1Cl. The zero-order chi connectivity index (χ0) is 21.8. The van der Waals surface area contributed by atoms with Crippen LogP contribution >= 0.6 is 46.6 Å². The van der Waals surface area contributed by atoms with E-state index in [9.17, 15) is 4.79 Å². The van der Waals surface area contributed by atoms with E-state index in [1.54, 1.807) is 28.8 Å². The minimum absolute atomic E-state index is 0.139. The van der Waals surface area contributed by atoms with Crippen molar-refractivity contribution in [1.82, 2.24) is 14.8 Å². The summed E-state index contributed by atoms with van der Waals surface area (Å²) in [4.78, 5) is 12.3. The molecule has 0 radical (unpaired) electrons. The van der Waals surface area contributed by atoms with Gasteiger partial charge in [-0.1, -0.05) is 46.6 Å². The van der Waals surface area contributed by atoms with Gasteiger partial charge in [-0.3, -0.25) is 4.79 Å². The summed E-state index contributed by atoms with van der Waals surface area (Å²) >= 11 is 19.3. The van der Waals surface area contributed by atoms with Crippen LogP contribution in [0.25, 0.3) is 0 Å². The number of ether oxygens (including phenoxy) is 1. The van der Waals surface area contributed by atoms with Gasteiger partial charge in [0, 0.05) is 17.1 Å². The Morgan fingerprint density at radius 3 is 2.63 bits per heavy atom. The van der Waals surface area contributed by atoms with Crippen LogP contribution in [0.1, 0.15) is 24.4 Å². The van der Waals surface area contributed by atoms with Crippen LogP contribution in [-0.2, 0) is 11.8 Å². The topological polar surface area (TPSA) is 69.0 Å². The van der Waals surface area contributed by atoms with Gasteiger partial charge in [-0.2, -0.15) is 0 Å². The molecule has 0 aliphatic rings. The van der Waals surface area contributed by atoms with Crippen molar-refractivity contribution in [1.29, 1.82) is 0 Å². The summed E-state index contributed by atoms with van der Waals surface area (Å²) in [5.41, 5.74) is 1.40. The summed E-state index contributed by atoms with van der Waals surface area (Å²) in [6, 6.07) is 10.4. The Hall–Kier alpha value is -1.93. The number of thioether (sulfide) groups is 1. The average Bonchev–Trinajstić information content (AvgIpc) is 3.06. The second kappa shape index (κ2) is 9.92. The number of hydrogen-bond acceptors (Lipinski definition) is 5. The Kier molecular flexibility index (Phi) is 7.52. The number of amides is 1. The quantitative estimate of drug-likeness (QED) is 0.418. The molecule has 2 aromatic carbocycles. The van der Waals surface area contributed by atoms with E-state index in [-0.39, 0.29) is 17.8 Å². The van der Waals surface area contributed by atoms with Gasteiger partial charge in [0.15, 0.2) is 17.1 Å². The largest absolute Gasteiger partial charge is 0.483 e. The highest BCUT2D eigenvalue weighted by Crippen LogP contribution is 2.28. The van der Waals surface area contributed by atoms with Gasteiger partial charge in [-0.05, 0) is 55.8 Å². The van der Waals surface area contributed by atoms with Crippen LogP contribution in [0.4, 0.5) is 5.69 Å². The number of carbonyl (C=O) groups excluding carboxylic acids is 1. The van der Waals surface area contributed by atoms with E-state index in [0.29, 0.717) is 37.5 Å². The fourth-order valence-corrected chi connectivity index (χ4v) is 3.84. The number of anilines is 1. The maximum absolute atomic E-state index is 12.3.